The van der Waals surface area contributed by atoms with Gasteiger partial charge in [-0.25, -0.2) is 13.1 Å². The first-order valence-corrected chi connectivity index (χ1v) is 12.3. The SMILES string of the molecule is CC(C)(C)NS(=O)(=O)c1ccc(NC(=O)c2sc3ccc4ccccc4c3c2Cl)cc1. The highest BCUT2D eigenvalue weighted by Gasteiger charge is 2.22. The van der Waals surface area contributed by atoms with E-state index in [1.165, 1.54) is 23.5 Å². The average Bonchev–Trinajstić information content (AvgIpc) is 3.04. The lowest BCUT2D eigenvalue weighted by Gasteiger charge is -2.20. The van der Waals surface area contributed by atoms with Crippen LogP contribution in [0, 0.1) is 0 Å². The predicted octanol–water partition coefficient (Wildman–Crippen LogP) is 6.04. The normalized spacial score (nSPS) is 12.4. The first-order valence-electron chi connectivity index (χ1n) is 9.60. The quantitative estimate of drug-likeness (QED) is 0.380. The van der Waals surface area contributed by atoms with Crippen molar-refractivity contribution in [2.75, 3.05) is 5.32 Å². The molecule has 0 radical (unpaired) electrons. The second kappa shape index (κ2) is 7.91. The lowest BCUT2D eigenvalue weighted by molar-refractivity contribution is 0.103. The van der Waals surface area contributed by atoms with Gasteiger partial charge in [-0.1, -0.05) is 41.9 Å². The van der Waals surface area contributed by atoms with E-state index in [1.807, 2.05) is 36.4 Å². The average molecular weight is 473 g/mol. The molecule has 0 bridgehead atoms. The summed E-state index contributed by atoms with van der Waals surface area (Å²) in [6, 6.07) is 17.9. The number of thiophene rings is 1. The van der Waals surface area contributed by atoms with E-state index < -0.39 is 15.6 Å². The third kappa shape index (κ3) is 4.45. The van der Waals surface area contributed by atoms with Gasteiger partial charge in [0.1, 0.15) is 4.88 Å². The summed E-state index contributed by atoms with van der Waals surface area (Å²) >= 11 is 7.94. The molecule has 8 heteroatoms. The van der Waals surface area contributed by atoms with Crippen LogP contribution in [0.25, 0.3) is 20.9 Å². The maximum absolute atomic E-state index is 12.9. The summed E-state index contributed by atoms with van der Waals surface area (Å²) in [5.41, 5.74) is -0.105. The molecule has 1 aromatic heterocycles. The van der Waals surface area contributed by atoms with Gasteiger partial charge in [0.15, 0.2) is 0 Å². The van der Waals surface area contributed by atoms with E-state index in [0.29, 0.717) is 15.6 Å². The second-order valence-electron chi connectivity index (χ2n) is 8.24. The topological polar surface area (TPSA) is 75.3 Å². The van der Waals surface area contributed by atoms with Gasteiger partial charge >= 0.3 is 0 Å². The third-order valence-electron chi connectivity index (χ3n) is 4.59. The minimum atomic E-state index is -3.64. The molecule has 4 rings (SSSR count). The Morgan fingerprint density at radius 3 is 2.32 bits per heavy atom. The number of sulfonamides is 1. The van der Waals surface area contributed by atoms with Crippen LogP contribution in [0.15, 0.2) is 65.6 Å². The van der Waals surface area contributed by atoms with Crippen molar-refractivity contribution in [2.45, 2.75) is 31.2 Å². The molecule has 0 spiro atoms. The van der Waals surface area contributed by atoms with Crippen LogP contribution in [0.2, 0.25) is 5.02 Å². The van der Waals surface area contributed by atoms with E-state index in [9.17, 15) is 13.2 Å². The highest BCUT2D eigenvalue weighted by molar-refractivity contribution is 7.89. The van der Waals surface area contributed by atoms with Crippen molar-refractivity contribution in [2.24, 2.45) is 0 Å². The van der Waals surface area contributed by atoms with Gasteiger partial charge in [0, 0.05) is 21.3 Å². The molecule has 0 aliphatic heterocycles. The van der Waals surface area contributed by atoms with Crippen molar-refractivity contribution in [3.05, 3.63) is 70.6 Å². The molecule has 0 atom stereocenters. The Morgan fingerprint density at radius 1 is 0.968 bits per heavy atom. The molecule has 5 nitrogen and oxygen atoms in total. The first-order chi connectivity index (χ1) is 14.5. The molecule has 0 fully saturated rings. The van der Waals surface area contributed by atoms with Crippen molar-refractivity contribution in [1.82, 2.24) is 4.72 Å². The third-order valence-corrected chi connectivity index (χ3v) is 8.01. The van der Waals surface area contributed by atoms with Crippen molar-refractivity contribution in [3.63, 3.8) is 0 Å². The fourth-order valence-electron chi connectivity index (χ4n) is 3.34. The van der Waals surface area contributed by atoms with Gasteiger partial charge in [0.2, 0.25) is 10.0 Å². The van der Waals surface area contributed by atoms with Gasteiger partial charge in [-0.15, -0.1) is 11.3 Å². The minimum Gasteiger partial charge on any atom is -0.321 e. The van der Waals surface area contributed by atoms with Crippen LogP contribution in [0.1, 0.15) is 30.4 Å². The summed E-state index contributed by atoms with van der Waals surface area (Å²) in [5.74, 6) is -0.335. The summed E-state index contributed by atoms with van der Waals surface area (Å²) in [4.78, 5) is 13.4. The number of halogens is 1. The first kappa shape index (κ1) is 21.8. The maximum atomic E-state index is 12.9. The zero-order valence-corrected chi connectivity index (χ0v) is 19.6. The van der Waals surface area contributed by atoms with Crippen LogP contribution in [0.5, 0.6) is 0 Å². The molecule has 0 aliphatic rings. The zero-order valence-electron chi connectivity index (χ0n) is 17.2. The molecular weight excluding hydrogens is 452 g/mol. The second-order valence-corrected chi connectivity index (χ2v) is 11.4. The van der Waals surface area contributed by atoms with Gasteiger partial charge in [-0.05, 0) is 61.9 Å². The maximum Gasteiger partial charge on any atom is 0.267 e. The van der Waals surface area contributed by atoms with E-state index in [0.717, 1.165) is 20.9 Å². The number of anilines is 1. The van der Waals surface area contributed by atoms with Crippen LogP contribution >= 0.6 is 22.9 Å². The van der Waals surface area contributed by atoms with Crippen LogP contribution in [0.4, 0.5) is 5.69 Å². The molecule has 1 heterocycles. The van der Waals surface area contributed by atoms with E-state index in [1.54, 1.807) is 32.9 Å². The van der Waals surface area contributed by atoms with E-state index in [-0.39, 0.29) is 10.8 Å². The number of rotatable bonds is 4. The number of fused-ring (bicyclic) bond motifs is 3. The number of nitrogens with one attached hydrogen (secondary N) is 2. The molecule has 31 heavy (non-hydrogen) atoms. The van der Waals surface area contributed by atoms with E-state index in [4.69, 9.17) is 11.6 Å². The smallest absolute Gasteiger partial charge is 0.267 e. The molecule has 4 aromatic rings. The minimum absolute atomic E-state index is 0.131. The molecule has 160 valence electrons. The number of hydrogen-bond donors (Lipinski definition) is 2. The van der Waals surface area contributed by atoms with Gasteiger partial charge < -0.3 is 5.32 Å². The summed E-state index contributed by atoms with van der Waals surface area (Å²) in [6.07, 6.45) is 0. The summed E-state index contributed by atoms with van der Waals surface area (Å²) in [6.45, 7) is 5.32. The van der Waals surface area contributed by atoms with Gasteiger partial charge in [0.05, 0.1) is 9.92 Å². The van der Waals surface area contributed by atoms with Crippen LogP contribution in [-0.2, 0) is 10.0 Å². The predicted molar refractivity (Wildman–Crippen MR) is 129 cm³/mol. The van der Waals surface area contributed by atoms with Crippen LogP contribution < -0.4 is 10.0 Å². The van der Waals surface area contributed by atoms with Gasteiger partial charge in [-0.3, -0.25) is 4.79 Å². The van der Waals surface area contributed by atoms with Gasteiger partial charge in [-0.2, -0.15) is 0 Å². The number of hydrogen-bond acceptors (Lipinski definition) is 4. The summed E-state index contributed by atoms with van der Waals surface area (Å²) in [7, 11) is -3.64. The van der Waals surface area contributed by atoms with Crippen molar-refractivity contribution < 1.29 is 13.2 Å². The molecule has 0 unspecified atom stereocenters. The Morgan fingerprint density at radius 2 is 1.65 bits per heavy atom. The Labute approximate surface area is 190 Å². The fraction of sp³-hybridized carbons (Fsp3) is 0.174. The Hall–Kier alpha value is -2.45. The monoisotopic (exact) mass is 472 g/mol. The molecular formula is C23H21ClN2O3S2. The number of carbonyl (C=O) groups excluding carboxylic acids is 1. The lowest BCUT2D eigenvalue weighted by Crippen LogP contribution is -2.40. The molecule has 1 amide bonds. The molecule has 0 saturated carbocycles. The number of carbonyl (C=O) groups is 1. The van der Waals surface area contributed by atoms with Gasteiger partial charge in [0.25, 0.3) is 5.91 Å². The zero-order chi connectivity index (χ0) is 22.4. The standard InChI is InChI=1S/C23H21ClN2O3S2/c1-23(2,3)26-31(28,29)16-11-9-15(10-12-16)25-22(27)21-20(24)19-17-7-5-4-6-14(17)8-13-18(19)30-21/h4-13,26H,1-3H3,(H,25,27). The summed E-state index contributed by atoms with van der Waals surface area (Å²) < 4.78 is 28.4. The number of benzene rings is 3. The van der Waals surface area contributed by atoms with E-state index in [2.05, 4.69) is 10.0 Å². The van der Waals surface area contributed by atoms with Crippen molar-refractivity contribution in [1.29, 1.82) is 0 Å². The fourth-order valence-corrected chi connectivity index (χ4v) is 6.23. The summed E-state index contributed by atoms with van der Waals surface area (Å²) in [5, 5.41) is 6.15. The Kier molecular flexibility index (Phi) is 5.55. The van der Waals surface area contributed by atoms with E-state index >= 15 is 0 Å². The van der Waals surface area contributed by atoms with Crippen molar-refractivity contribution in [3.8, 4) is 0 Å². The molecule has 0 saturated heterocycles. The highest BCUT2D eigenvalue weighted by atomic mass is 35.5. The molecule has 2 N–H and O–H groups in total. The largest absolute Gasteiger partial charge is 0.321 e. The molecule has 3 aromatic carbocycles. The Bertz CT molecular complexity index is 1400. The Balaban J connectivity index is 1.61. The molecule has 0 aliphatic carbocycles. The van der Waals surface area contributed by atoms with Crippen LogP contribution in [-0.4, -0.2) is 19.9 Å². The van der Waals surface area contributed by atoms with Crippen molar-refractivity contribution >= 4 is 65.4 Å². The number of amides is 1. The van der Waals surface area contributed by atoms with Crippen LogP contribution in [0.3, 0.4) is 0 Å². The highest BCUT2D eigenvalue weighted by Crippen LogP contribution is 2.40. The lowest BCUT2D eigenvalue weighted by atomic mass is 10.1.